The Bertz CT molecular complexity index is 556. The lowest BCUT2D eigenvalue weighted by Crippen LogP contribution is -2.27. The topological polar surface area (TPSA) is 51.0 Å². The maximum atomic E-state index is 11.8. The summed E-state index contributed by atoms with van der Waals surface area (Å²) in [5.74, 6) is -0.702. The third-order valence-corrected chi connectivity index (χ3v) is 4.05. The average Bonchev–Trinajstić information content (AvgIpc) is 2.42. The molecule has 22 heavy (non-hydrogen) atoms. The number of nitrogens with zero attached hydrogens (tertiary/aromatic N) is 2. The Morgan fingerprint density at radius 3 is 2.32 bits per heavy atom. The summed E-state index contributed by atoms with van der Waals surface area (Å²) in [5.41, 5.74) is 0.0836. The van der Waals surface area contributed by atoms with Crippen LogP contribution in [0.2, 0.25) is 15.1 Å². The number of hydrogen-bond donors (Lipinski definition) is 0. The third kappa shape index (κ3) is 5.91. The highest BCUT2D eigenvalue weighted by Gasteiger charge is 2.36. The first-order valence-electron chi connectivity index (χ1n) is 5.85. The average molecular weight is 427 g/mol. The standard InChI is InChI=1S/C12H10Cl6N2O2/c1-6(4-13)5-22-11(21)12(17,18)20-19-10-8(15)2-7(14)3-9(10)16/h2-3,6H,4-5H2,1H3. The van der Waals surface area contributed by atoms with Crippen molar-refractivity contribution in [3.05, 3.63) is 27.2 Å². The molecule has 4 nitrogen and oxygen atoms in total. The van der Waals surface area contributed by atoms with Crippen molar-refractivity contribution < 1.29 is 9.53 Å². The van der Waals surface area contributed by atoms with Crippen LogP contribution >= 0.6 is 69.6 Å². The zero-order chi connectivity index (χ0) is 16.9. The van der Waals surface area contributed by atoms with Crippen molar-refractivity contribution in [1.29, 1.82) is 0 Å². The van der Waals surface area contributed by atoms with E-state index in [1.807, 2.05) is 0 Å². The molecule has 0 saturated heterocycles. The number of ether oxygens (including phenoxy) is 1. The van der Waals surface area contributed by atoms with Gasteiger partial charge in [0.2, 0.25) is 0 Å². The molecule has 0 aliphatic rings. The minimum absolute atomic E-state index is 0.0492. The monoisotopic (exact) mass is 424 g/mol. The number of azo groups is 1. The lowest BCUT2D eigenvalue weighted by Gasteiger charge is -2.14. The van der Waals surface area contributed by atoms with Gasteiger partial charge in [-0.05, 0) is 12.1 Å². The van der Waals surface area contributed by atoms with Crippen LogP contribution in [0.4, 0.5) is 5.69 Å². The van der Waals surface area contributed by atoms with Crippen LogP contribution in [0.3, 0.4) is 0 Å². The van der Waals surface area contributed by atoms with E-state index in [0.717, 1.165) is 0 Å². The zero-order valence-corrected chi connectivity index (χ0v) is 15.7. The summed E-state index contributed by atoms with van der Waals surface area (Å²) < 4.78 is 2.68. The molecule has 0 aliphatic carbocycles. The van der Waals surface area contributed by atoms with Gasteiger partial charge in [0.1, 0.15) is 5.69 Å². The third-order valence-electron chi connectivity index (χ3n) is 2.27. The zero-order valence-electron chi connectivity index (χ0n) is 11.1. The normalized spacial score (nSPS) is 13.4. The van der Waals surface area contributed by atoms with Crippen molar-refractivity contribution in [2.45, 2.75) is 11.4 Å². The number of carbonyl (C=O) groups excluding carboxylic acids is 1. The Balaban J connectivity index is 2.85. The Kier molecular flexibility index (Phi) is 8.00. The van der Waals surface area contributed by atoms with Gasteiger partial charge in [0.05, 0.1) is 16.7 Å². The fraction of sp³-hybridized carbons (Fsp3) is 0.417. The van der Waals surface area contributed by atoms with Gasteiger partial charge >= 0.3 is 10.4 Å². The molecule has 0 aliphatic heterocycles. The van der Waals surface area contributed by atoms with Crippen LogP contribution in [0.1, 0.15) is 6.92 Å². The largest absolute Gasteiger partial charge is 0.462 e. The molecule has 1 aromatic rings. The summed E-state index contributed by atoms with van der Waals surface area (Å²) in [6.07, 6.45) is 0. The van der Waals surface area contributed by atoms with Gasteiger partial charge in [-0.15, -0.1) is 21.8 Å². The lowest BCUT2D eigenvalue weighted by molar-refractivity contribution is -0.145. The van der Waals surface area contributed by atoms with Gasteiger partial charge in [0.15, 0.2) is 0 Å². The molecule has 1 unspecified atom stereocenters. The van der Waals surface area contributed by atoms with Gasteiger partial charge in [-0.3, -0.25) is 0 Å². The van der Waals surface area contributed by atoms with E-state index in [-0.39, 0.29) is 28.3 Å². The smallest absolute Gasteiger partial charge is 0.367 e. The van der Waals surface area contributed by atoms with Crippen LogP contribution in [-0.4, -0.2) is 22.9 Å². The Labute approximate surface area is 157 Å². The first kappa shape index (κ1) is 20.1. The molecule has 0 spiro atoms. The quantitative estimate of drug-likeness (QED) is 0.232. The first-order chi connectivity index (χ1) is 10.2. The predicted octanol–water partition coefficient (Wildman–Crippen LogP) is 6.28. The Morgan fingerprint density at radius 2 is 1.82 bits per heavy atom. The number of alkyl halides is 3. The van der Waals surface area contributed by atoms with Crippen molar-refractivity contribution in [3.8, 4) is 0 Å². The van der Waals surface area contributed by atoms with Crippen LogP contribution < -0.4 is 0 Å². The van der Waals surface area contributed by atoms with E-state index in [2.05, 4.69) is 10.2 Å². The summed E-state index contributed by atoms with van der Waals surface area (Å²) in [5, 5.41) is 7.81. The summed E-state index contributed by atoms with van der Waals surface area (Å²) in [6, 6.07) is 2.82. The molecule has 0 bridgehead atoms. The van der Waals surface area contributed by atoms with Crippen molar-refractivity contribution in [2.75, 3.05) is 12.5 Å². The van der Waals surface area contributed by atoms with Gasteiger partial charge < -0.3 is 4.74 Å². The van der Waals surface area contributed by atoms with Crippen LogP contribution in [-0.2, 0) is 9.53 Å². The maximum absolute atomic E-state index is 11.8. The number of rotatable bonds is 6. The number of hydrogen-bond acceptors (Lipinski definition) is 4. The van der Waals surface area contributed by atoms with Crippen LogP contribution in [0.15, 0.2) is 22.4 Å². The van der Waals surface area contributed by atoms with Crippen molar-refractivity contribution in [2.24, 2.45) is 16.1 Å². The van der Waals surface area contributed by atoms with Gasteiger partial charge in [0.25, 0.3) is 0 Å². The SMILES string of the molecule is CC(CCl)COC(=O)C(Cl)(Cl)N=Nc1c(Cl)cc(Cl)cc1Cl. The fourth-order valence-electron chi connectivity index (χ4n) is 1.13. The molecular formula is C12H10Cl6N2O2. The second kappa shape index (κ2) is 8.76. The van der Waals surface area contributed by atoms with Crippen molar-refractivity contribution in [1.82, 2.24) is 0 Å². The van der Waals surface area contributed by atoms with Crippen LogP contribution in [0.5, 0.6) is 0 Å². The molecule has 0 heterocycles. The summed E-state index contributed by atoms with van der Waals surface area (Å²) >= 11 is 34.8. The van der Waals surface area contributed by atoms with Gasteiger partial charge in [0, 0.05) is 16.8 Å². The summed E-state index contributed by atoms with van der Waals surface area (Å²) in [7, 11) is 0. The molecule has 0 aromatic heterocycles. The fourth-order valence-corrected chi connectivity index (χ4v) is 2.30. The molecule has 1 rings (SSSR count). The molecule has 10 heteroatoms. The van der Waals surface area contributed by atoms with Gasteiger partial charge in [-0.1, -0.05) is 64.9 Å². The van der Waals surface area contributed by atoms with E-state index in [1.165, 1.54) is 12.1 Å². The van der Waals surface area contributed by atoms with Gasteiger partial charge in [-0.2, -0.15) is 0 Å². The highest BCUT2D eigenvalue weighted by atomic mass is 35.5. The maximum Gasteiger partial charge on any atom is 0.367 e. The van der Waals surface area contributed by atoms with E-state index < -0.39 is 10.4 Å². The van der Waals surface area contributed by atoms with Crippen molar-refractivity contribution in [3.63, 3.8) is 0 Å². The van der Waals surface area contributed by atoms with Crippen molar-refractivity contribution >= 4 is 81.3 Å². The Hall–Kier alpha value is 0.0300. The molecule has 1 aromatic carbocycles. The van der Waals surface area contributed by atoms with E-state index in [4.69, 9.17) is 74.3 Å². The number of benzene rings is 1. The van der Waals surface area contributed by atoms with E-state index in [0.29, 0.717) is 10.9 Å². The second-order valence-corrected chi connectivity index (χ2v) is 7.16. The Morgan fingerprint density at radius 1 is 1.27 bits per heavy atom. The number of esters is 1. The lowest BCUT2D eigenvalue weighted by atomic mass is 10.2. The molecule has 0 fully saturated rings. The molecule has 0 amide bonds. The highest BCUT2D eigenvalue weighted by molar-refractivity contribution is 6.57. The van der Waals surface area contributed by atoms with E-state index in [9.17, 15) is 4.79 Å². The van der Waals surface area contributed by atoms with E-state index >= 15 is 0 Å². The van der Waals surface area contributed by atoms with E-state index in [1.54, 1.807) is 6.92 Å². The molecule has 0 radical (unpaired) electrons. The minimum Gasteiger partial charge on any atom is -0.462 e. The molecule has 1 atom stereocenters. The summed E-state index contributed by atoms with van der Waals surface area (Å²) in [6.45, 7) is 1.85. The molecular weight excluding hydrogens is 417 g/mol. The second-order valence-electron chi connectivity index (χ2n) is 4.32. The van der Waals surface area contributed by atoms with Gasteiger partial charge in [-0.25, -0.2) is 4.79 Å². The molecule has 0 N–H and O–H groups in total. The highest BCUT2D eigenvalue weighted by Crippen LogP contribution is 2.37. The number of halogens is 6. The molecule has 0 saturated carbocycles. The summed E-state index contributed by atoms with van der Waals surface area (Å²) in [4.78, 5) is 11.8. The minimum atomic E-state index is -2.22. The molecule has 122 valence electrons. The predicted molar refractivity (Wildman–Crippen MR) is 91.3 cm³/mol. The number of carbonyl (C=O) groups is 1. The first-order valence-corrected chi connectivity index (χ1v) is 8.28. The van der Waals surface area contributed by atoms with Crippen LogP contribution in [0.25, 0.3) is 0 Å². The van der Waals surface area contributed by atoms with Crippen LogP contribution in [0, 0.1) is 5.92 Å².